The molecule has 0 aromatic heterocycles. The molecule has 0 aliphatic carbocycles. The van der Waals surface area contributed by atoms with Gasteiger partial charge in [-0.1, -0.05) is 6.07 Å². The monoisotopic (exact) mass is 369 g/mol. The second kappa shape index (κ2) is 8.03. The van der Waals surface area contributed by atoms with Gasteiger partial charge in [0.15, 0.2) is 23.0 Å². The van der Waals surface area contributed by atoms with Crippen molar-refractivity contribution in [3.8, 4) is 23.0 Å². The van der Waals surface area contributed by atoms with Crippen molar-refractivity contribution in [3.05, 3.63) is 47.0 Å². The van der Waals surface area contributed by atoms with Crippen molar-refractivity contribution in [3.63, 3.8) is 0 Å². The summed E-state index contributed by atoms with van der Waals surface area (Å²) in [5.41, 5.74) is 3.76. The molecule has 0 saturated heterocycles. The Kier molecular flexibility index (Phi) is 5.54. The minimum atomic E-state index is 0.602. The molecule has 3 rings (SSSR count). The van der Waals surface area contributed by atoms with Crippen LogP contribution in [0.25, 0.3) is 11.8 Å². The average molecular weight is 369 g/mol. The third-order valence-corrected chi connectivity index (χ3v) is 4.66. The second-order valence-electron chi connectivity index (χ2n) is 6.06. The number of benzene rings is 2. The normalized spacial score (nSPS) is 14.5. The summed E-state index contributed by atoms with van der Waals surface area (Å²) in [4.78, 5) is 13.4. The van der Waals surface area contributed by atoms with Crippen molar-refractivity contribution in [1.29, 1.82) is 0 Å². The Morgan fingerprint density at radius 3 is 2.11 bits per heavy atom. The minimum absolute atomic E-state index is 0.602. The predicted octanol–water partition coefficient (Wildman–Crippen LogP) is 3.23. The van der Waals surface area contributed by atoms with Crippen molar-refractivity contribution < 1.29 is 23.7 Å². The Morgan fingerprint density at radius 1 is 0.852 bits per heavy atom. The summed E-state index contributed by atoms with van der Waals surface area (Å²) in [6.45, 7) is 0.602. The fraction of sp³-hybridized carbons (Fsp3) is 0.286. The quantitative estimate of drug-likeness (QED) is 0.732. The highest BCUT2D eigenvalue weighted by Crippen LogP contribution is 2.38. The molecular formula is C21H23NO5. The van der Waals surface area contributed by atoms with Gasteiger partial charge in [-0.05, 0) is 47.9 Å². The highest BCUT2D eigenvalue weighted by molar-refractivity contribution is 5.88. The number of rotatable bonds is 6. The number of nitrogens with zero attached hydrogens (tertiary/aromatic N) is 1. The van der Waals surface area contributed by atoms with Gasteiger partial charge in [0.1, 0.15) is 0 Å². The van der Waals surface area contributed by atoms with Crippen molar-refractivity contribution in [2.75, 3.05) is 35.0 Å². The van der Waals surface area contributed by atoms with Crippen LogP contribution in [-0.4, -0.2) is 46.3 Å². The van der Waals surface area contributed by atoms with Crippen LogP contribution in [0.2, 0.25) is 0 Å². The third kappa shape index (κ3) is 3.56. The van der Waals surface area contributed by atoms with Crippen LogP contribution in [0.3, 0.4) is 0 Å². The molecule has 6 nitrogen and oxygen atoms in total. The first-order valence-corrected chi connectivity index (χ1v) is 8.56. The first kappa shape index (κ1) is 18.6. The number of carbonyl (C=O) groups excluding carboxylic acids is 1. The highest BCUT2D eigenvalue weighted by atomic mass is 16.5. The Balaban J connectivity index is 2.13. The van der Waals surface area contributed by atoms with Gasteiger partial charge in [0.25, 0.3) is 0 Å². The molecule has 1 aliphatic rings. The fourth-order valence-electron chi connectivity index (χ4n) is 3.25. The van der Waals surface area contributed by atoms with Gasteiger partial charge in [-0.3, -0.25) is 4.79 Å². The molecule has 27 heavy (non-hydrogen) atoms. The topological polar surface area (TPSA) is 57.2 Å². The summed E-state index contributed by atoms with van der Waals surface area (Å²) >= 11 is 0. The van der Waals surface area contributed by atoms with E-state index in [2.05, 4.69) is 0 Å². The van der Waals surface area contributed by atoms with Crippen LogP contribution in [0.1, 0.15) is 16.7 Å². The molecule has 6 heteroatoms. The molecule has 142 valence electrons. The van der Waals surface area contributed by atoms with Crippen LogP contribution in [0.15, 0.2) is 30.3 Å². The van der Waals surface area contributed by atoms with E-state index in [4.69, 9.17) is 18.9 Å². The van der Waals surface area contributed by atoms with Crippen molar-refractivity contribution >= 4 is 18.2 Å². The second-order valence-corrected chi connectivity index (χ2v) is 6.06. The van der Waals surface area contributed by atoms with E-state index in [1.165, 1.54) is 0 Å². The lowest BCUT2D eigenvalue weighted by Crippen LogP contribution is -2.28. The van der Waals surface area contributed by atoms with E-state index in [1.54, 1.807) is 33.3 Å². The Hall–Kier alpha value is -3.15. The van der Waals surface area contributed by atoms with Crippen LogP contribution in [0, 0.1) is 0 Å². The zero-order valence-corrected chi connectivity index (χ0v) is 15.9. The summed E-state index contributed by atoms with van der Waals surface area (Å²) in [5.74, 6) is 2.60. The van der Waals surface area contributed by atoms with Gasteiger partial charge < -0.3 is 23.8 Å². The zero-order valence-electron chi connectivity index (χ0n) is 15.9. The molecule has 0 atom stereocenters. The molecule has 1 aliphatic heterocycles. The molecule has 0 unspecified atom stereocenters. The number of hydrogen-bond acceptors (Lipinski definition) is 5. The number of amides is 1. The molecule has 0 N–H and O–H groups in total. The lowest BCUT2D eigenvalue weighted by Gasteiger charge is -2.29. The Bertz CT molecular complexity index is 875. The molecule has 1 amide bonds. The van der Waals surface area contributed by atoms with E-state index < -0.39 is 0 Å². The molecule has 0 radical (unpaired) electrons. The van der Waals surface area contributed by atoms with E-state index in [0.29, 0.717) is 29.5 Å². The summed E-state index contributed by atoms with van der Waals surface area (Å²) in [5, 5.41) is 0. The summed E-state index contributed by atoms with van der Waals surface area (Å²) in [6, 6.07) is 9.53. The summed E-state index contributed by atoms with van der Waals surface area (Å²) in [7, 11) is 6.41. The smallest absolute Gasteiger partial charge is 0.214 e. The predicted molar refractivity (Wildman–Crippen MR) is 103 cm³/mol. The fourth-order valence-corrected chi connectivity index (χ4v) is 3.25. The van der Waals surface area contributed by atoms with E-state index in [1.807, 2.05) is 36.4 Å². The van der Waals surface area contributed by atoms with Crippen molar-refractivity contribution in [1.82, 2.24) is 4.90 Å². The number of fused-ring (bicyclic) bond motifs is 1. The van der Waals surface area contributed by atoms with Crippen molar-refractivity contribution in [2.45, 2.75) is 6.42 Å². The van der Waals surface area contributed by atoms with Gasteiger partial charge in [-0.15, -0.1) is 0 Å². The van der Waals surface area contributed by atoms with Gasteiger partial charge in [0.05, 0.1) is 34.1 Å². The third-order valence-electron chi connectivity index (χ3n) is 4.66. The molecule has 2 aromatic carbocycles. The Morgan fingerprint density at radius 2 is 1.48 bits per heavy atom. The number of ether oxygens (including phenoxy) is 4. The molecule has 0 saturated carbocycles. The van der Waals surface area contributed by atoms with E-state index >= 15 is 0 Å². The first-order valence-electron chi connectivity index (χ1n) is 8.56. The largest absolute Gasteiger partial charge is 0.493 e. The van der Waals surface area contributed by atoms with Gasteiger partial charge >= 0.3 is 0 Å². The Labute approximate surface area is 158 Å². The molecule has 0 fully saturated rings. The molecule has 1 heterocycles. The van der Waals surface area contributed by atoms with E-state index in [9.17, 15) is 4.79 Å². The maximum atomic E-state index is 11.7. The SMILES string of the molecule is COc1ccc(C=C2c3cc(OC)c(OC)cc3CCN2C=O)cc1OC. The van der Waals surface area contributed by atoms with Crippen LogP contribution in [0.4, 0.5) is 0 Å². The van der Waals surface area contributed by atoms with Crippen LogP contribution < -0.4 is 18.9 Å². The van der Waals surface area contributed by atoms with Crippen LogP contribution in [-0.2, 0) is 11.2 Å². The lowest BCUT2D eigenvalue weighted by atomic mass is 9.94. The highest BCUT2D eigenvalue weighted by Gasteiger charge is 2.23. The number of methoxy groups -OCH3 is 4. The zero-order chi connectivity index (χ0) is 19.4. The maximum absolute atomic E-state index is 11.7. The van der Waals surface area contributed by atoms with Crippen LogP contribution in [0.5, 0.6) is 23.0 Å². The number of carbonyl (C=O) groups is 1. The molecule has 0 bridgehead atoms. The average Bonchev–Trinajstić information content (AvgIpc) is 2.72. The summed E-state index contributed by atoms with van der Waals surface area (Å²) in [6.07, 6.45) is 3.56. The lowest BCUT2D eigenvalue weighted by molar-refractivity contribution is -0.115. The maximum Gasteiger partial charge on any atom is 0.214 e. The number of hydrogen-bond donors (Lipinski definition) is 0. The van der Waals surface area contributed by atoms with Gasteiger partial charge in [0.2, 0.25) is 6.41 Å². The molecule has 0 spiro atoms. The molecular weight excluding hydrogens is 346 g/mol. The van der Waals surface area contributed by atoms with Crippen LogP contribution >= 0.6 is 0 Å². The minimum Gasteiger partial charge on any atom is -0.493 e. The molecule has 2 aromatic rings. The van der Waals surface area contributed by atoms with Gasteiger partial charge in [-0.25, -0.2) is 0 Å². The van der Waals surface area contributed by atoms with Crippen molar-refractivity contribution in [2.24, 2.45) is 0 Å². The van der Waals surface area contributed by atoms with E-state index in [-0.39, 0.29) is 0 Å². The first-order chi connectivity index (χ1) is 13.1. The van der Waals surface area contributed by atoms with Gasteiger partial charge in [-0.2, -0.15) is 0 Å². The van der Waals surface area contributed by atoms with E-state index in [0.717, 1.165) is 35.2 Å². The summed E-state index contributed by atoms with van der Waals surface area (Å²) < 4.78 is 21.5. The standard InChI is InChI=1S/C21H23NO5/c1-24-18-6-5-14(10-19(18)25-2)9-17-16-12-21(27-4)20(26-3)11-15(16)7-8-22(17)13-23/h5-6,9-13H,7-8H2,1-4H3. The van der Waals surface area contributed by atoms with Gasteiger partial charge in [0, 0.05) is 12.1 Å².